The van der Waals surface area contributed by atoms with E-state index in [1.165, 1.54) is 5.56 Å². The van der Waals surface area contributed by atoms with Gasteiger partial charge in [0.2, 0.25) is 0 Å². The zero-order chi connectivity index (χ0) is 10.1. The standard InChI is InChI=1S/C11H12O2S/c1-3-13-9-5-4-8-7(2)6-14-11(8)10(9)12/h4-6,12H,3H2,1-2H3. The highest BCUT2D eigenvalue weighted by atomic mass is 32.1. The van der Waals surface area contributed by atoms with Crippen LogP contribution in [-0.4, -0.2) is 11.7 Å². The summed E-state index contributed by atoms with van der Waals surface area (Å²) in [7, 11) is 0. The largest absolute Gasteiger partial charge is 0.503 e. The number of aryl methyl sites for hydroxylation is 1. The Hall–Kier alpha value is -1.22. The molecule has 0 bridgehead atoms. The first-order valence-corrected chi connectivity index (χ1v) is 5.44. The molecule has 0 radical (unpaired) electrons. The summed E-state index contributed by atoms with van der Waals surface area (Å²) in [6.07, 6.45) is 0. The highest BCUT2D eigenvalue weighted by Crippen LogP contribution is 2.39. The van der Waals surface area contributed by atoms with Crippen molar-refractivity contribution in [2.24, 2.45) is 0 Å². The van der Waals surface area contributed by atoms with Crippen LogP contribution in [0, 0.1) is 6.92 Å². The second-order valence-corrected chi connectivity index (χ2v) is 4.02. The van der Waals surface area contributed by atoms with Gasteiger partial charge in [0, 0.05) is 0 Å². The quantitative estimate of drug-likeness (QED) is 0.820. The van der Waals surface area contributed by atoms with Crippen LogP contribution in [0.5, 0.6) is 11.5 Å². The molecule has 0 amide bonds. The van der Waals surface area contributed by atoms with Crippen molar-refractivity contribution in [3.05, 3.63) is 23.1 Å². The Morgan fingerprint density at radius 1 is 1.43 bits per heavy atom. The molecule has 14 heavy (non-hydrogen) atoms. The van der Waals surface area contributed by atoms with Gasteiger partial charge in [0.25, 0.3) is 0 Å². The number of benzene rings is 1. The third kappa shape index (κ3) is 1.34. The number of hydrogen-bond donors (Lipinski definition) is 1. The van der Waals surface area contributed by atoms with Crippen LogP contribution in [-0.2, 0) is 0 Å². The first-order valence-electron chi connectivity index (χ1n) is 4.56. The molecule has 2 nitrogen and oxygen atoms in total. The lowest BCUT2D eigenvalue weighted by atomic mass is 10.2. The molecule has 2 aromatic rings. The maximum absolute atomic E-state index is 9.88. The summed E-state index contributed by atoms with van der Waals surface area (Å²) < 4.78 is 6.22. The van der Waals surface area contributed by atoms with E-state index in [0.29, 0.717) is 12.4 Å². The van der Waals surface area contributed by atoms with Crippen molar-refractivity contribution in [1.29, 1.82) is 0 Å². The Bertz CT molecular complexity index is 460. The number of ether oxygens (including phenoxy) is 1. The number of phenolic OH excluding ortho intramolecular Hbond substituents is 1. The van der Waals surface area contributed by atoms with Gasteiger partial charge in [0.05, 0.1) is 11.3 Å². The average Bonchev–Trinajstić information content (AvgIpc) is 2.54. The third-order valence-electron chi connectivity index (χ3n) is 2.17. The lowest BCUT2D eigenvalue weighted by molar-refractivity contribution is 0.320. The van der Waals surface area contributed by atoms with Crippen molar-refractivity contribution in [3.8, 4) is 11.5 Å². The maximum Gasteiger partial charge on any atom is 0.175 e. The molecule has 74 valence electrons. The van der Waals surface area contributed by atoms with Gasteiger partial charge >= 0.3 is 0 Å². The fraction of sp³-hybridized carbons (Fsp3) is 0.273. The van der Waals surface area contributed by atoms with Gasteiger partial charge in [-0.2, -0.15) is 0 Å². The van der Waals surface area contributed by atoms with Crippen LogP contribution in [0.3, 0.4) is 0 Å². The summed E-state index contributed by atoms with van der Waals surface area (Å²) in [5, 5.41) is 13.0. The number of thiophene rings is 1. The van der Waals surface area contributed by atoms with Gasteiger partial charge in [-0.25, -0.2) is 0 Å². The van der Waals surface area contributed by atoms with Crippen LogP contribution in [0.1, 0.15) is 12.5 Å². The minimum absolute atomic E-state index is 0.266. The first-order chi connectivity index (χ1) is 6.74. The zero-order valence-corrected chi connectivity index (χ0v) is 9.02. The van der Waals surface area contributed by atoms with E-state index in [9.17, 15) is 5.11 Å². The number of rotatable bonds is 2. The summed E-state index contributed by atoms with van der Waals surface area (Å²) in [6.45, 7) is 4.52. The van der Waals surface area contributed by atoms with Crippen LogP contribution in [0.2, 0.25) is 0 Å². The van der Waals surface area contributed by atoms with Crippen molar-refractivity contribution in [1.82, 2.24) is 0 Å². The van der Waals surface area contributed by atoms with Gasteiger partial charge in [-0.1, -0.05) is 0 Å². The molecule has 0 aliphatic heterocycles. The Balaban J connectivity index is 2.63. The lowest BCUT2D eigenvalue weighted by Gasteiger charge is -2.05. The first kappa shape index (κ1) is 9.34. The molecule has 0 atom stereocenters. The fourth-order valence-corrected chi connectivity index (χ4v) is 2.46. The predicted octanol–water partition coefficient (Wildman–Crippen LogP) is 3.31. The second kappa shape index (κ2) is 3.50. The molecule has 0 spiro atoms. The van der Waals surface area contributed by atoms with Crippen LogP contribution in [0.25, 0.3) is 10.1 Å². The van der Waals surface area contributed by atoms with E-state index in [1.54, 1.807) is 11.3 Å². The zero-order valence-electron chi connectivity index (χ0n) is 8.20. The highest BCUT2D eigenvalue weighted by molar-refractivity contribution is 7.17. The number of fused-ring (bicyclic) bond motifs is 1. The second-order valence-electron chi connectivity index (χ2n) is 3.14. The Morgan fingerprint density at radius 3 is 2.93 bits per heavy atom. The van der Waals surface area contributed by atoms with Gasteiger partial charge in [-0.05, 0) is 42.3 Å². The summed E-state index contributed by atoms with van der Waals surface area (Å²) in [4.78, 5) is 0. The van der Waals surface area contributed by atoms with E-state index < -0.39 is 0 Å². The van der Waals surface area contributed by atoms with Gasteiger partial charge in [-0.3, -0.25) is 0 Å². The van der Waals surface area contributed by atoms with Crippen molar-refractivity contribution >= 4 is 21.4 Å². The maximum atomic E-state index is 9.88. The van der Waals surface area contributed by atoms with E-state index in [4.69, 9.17) is 4.74 Å². The number of phenols is 1. The van der Waals surface area contributed by atoms with Crippen LogP contribution >= 0.6 is 11.3 Å². The van der Waals surface area contributed by atoms with Gasteiger partial charge in [0.15, 0.2) is 11.5 Å². The number of hydrogen-bond acceptors (Lipinski definition) is 3. The van der Waals surface area contributed by atoms with Gasteiger partial charge < -0.3 is 9.84 Å². The normalized spacial score (nSPS) is 10.7. The van der Waals surface area contributed by atoms with E-state index in [2.05, 4.69) is 0 Å². The van der Waals surface area contributed by atoms with E-state index in [-0.39, 0.29) is 5.75 Å². The third-order valence-corrected chi connectivity index (χ3v) is 3.29. The van der Waals surface area contributed by atoms with Crippen molar-refractivity contribution in [2.45, 2.75) is 13.8 Å². The molecule has 1 aromatic carbocycles. The smallest absolute Gasteiger partial charge is 0.175 e. The molecule has 2 rings (SSSR count). The van der Waals surface area contributed by atoms with Crippen molar-refractivity contribution in [3.63, 3.8) is 0 Å². The van der Waals surface area contributed by atoms with Crippen LogP contribution in [0.4, 0.5) is 0 Å². The van der Waals surface area contributed by atoms with E-state index in [0.717, 1.165) is 10.1 Å². The molecule has 0 unspecified atom stereocenters. The fourth-order valence-electron chi connectivity index (χ4n) is 1.47. The SMILES string of the molecule is CCOc1ccc2c(C)csc2c1O. The minimum Gasteiger partial charge on any atom is -0.503 e. The van der Waals surface area contributed by atoms with Gasteiger partial charge in [0.1, 0.15) is 0 Å². The molecular formula is C11H12O2S. The minimum atomic E-state index is 0.266. The summed E-state index contributed by atoms with van der Waals surface area (Å²) >= 11 is 1.55. The Labute approximate surface area is 86.8 Å². The van der Waals surface area contributed by atoms with Crippen LogP contribution in [0.15, 0.2) is 17.5 Å². The van der Waals surface area contributed by atoms with Crippen LogP contribution < -0.4 is 4.74 Å². The molecule has 1 heterocycles. The Morgan fingerprint density at radius 2 is 2.21 bits per heavy atom. The summed E-state index contributed by atoms with van der Waals surface area (Å²) in [6, 6.07) is 3.81. The van der Waals surface area contributed by atoms with Gasteiger partial charge in [-0.15, -0.1) is 11.3 Å². The number of aromatic hydroxyl groups is 1. The molecule has 0 aliphatic rings. The Kier molecular flexibility index (Phi) is 2.33. The topological polar surface area (TPSA) is 29.5 Å². The monoisotopic (exact) mass is 208 g/mol. The molecule has 0 fully saturated rings. The van der Waals surface area contributed by atoms with E-state index >= 15 is 0 Å². The summed E-state index contributed by atoms with van der Waals surface area (Å²) in [5.74, 6) is 0.837. The molecule has 1 aromatic heterocycles. The van der Waals surface area contributed by atoms with E-state index in [1.807, 2.05) is 31.4 Å². The lowest BCUT2D eigenvalue weighted by Crippen LogP contribution is -1.91. The average molecular weight is 208 g/mol. The molecular weight excluding hydrogens is 196 g/mol. The van der Waals surface area contributed by atoms with Crippen molar-refractivity contribution in [2.75, 3.05) is 6.61 Å². The molecule has 1 N–H and O–H groups in total. The molecule has 0 saturated heterocycles. The van der Waals surface area contributed by atoms with Crippen molar-refractivity contribution < 1.29 is 9.84 Å². The highest BCUT2D eigenvalue weighted by Gasteiger charge is 2.09. The molecule has 3 heteroatoms. The molecule has 0 saturated carbocycles. The predicted molar refractivity (Wildman–Crippen MR) is 59.4 cm³/mol. The molecule has 0 aliphatic carbocycles. The summed E-state index contributed by atoms with van der Waals surface area (Å²) in [5.41, 5.74) is 1.20.